The van der Waals surface area contributed by atoms with Crippen molar-refractivity contribution >= 4 is 20.8 Å². The van der Waals surface area contributed by atoms with Gasteiger partial charge in [-0.2, -0.15) is 16.8 Å². The fourth-order valence-electron chi connectivity index (χ4n) is 1.14. The molecule has 0 aromatic heterocycles. The van der Waals surface area contributed by atoms with Crippen LogP contribution in [0.4, 0.5) is 0 Å². The third-order valence-corrected chi connectivity index (χ3v) is 1.78. The topological polar surface area (TPSA) is 188 Å². The predicted octanol–water partition coefficient (Wildman–Crippen LogP) is -1.64. The molecule has 0 aromatic rings. The van der Waals surface area contributed by atoms with Crippen molar-refractivity contribution in [1.29, 1.82) is 0 Å². The number of nitrogens with two attached hydrogens (primary N) is 1. The van der Waals surface area contributed by atoms with Crippen LogP contribution in [0.5, 0.6) is 0 Å². The minimum Gasteiger partial charge on any atom is -0.379 e. The summed E-state index contributed by atoms with van der Waals surface area (Å²) >= 11 is 0. The molecule has 0 amide bonds. The highest BCUT2D eigenvalue weighted by molar-refractivity contribution is 7.80. The minimum atomic E-state index is -4.67. The average Bonchev–Trinajstić information content (AvgIpc) is 2.23. The number of hydrogen-bond acceptors (Lipinski definition) is 7. The molecule has 6 N–H and O–H groups in total. The van der Waals surface area contributed by atoms with Gasteiger partial charge in [0.2, 0.25) is 0 Å². The first-order valence-electron chi connectivity index (χ1n) is 5.33. The lowest BCUT2D eigenvalue weighted by atomic mass is 10.3. The molecular formula is C7H20N2O9S2. The van der Waals surface area contributed by atoms with Gasteiger partial charge < -0.3 is 10.5 Å². The molecule has 1 rings (SSSR count). The summed E-state index contributed by atoms with van der Waals surface area (Å²) in [5.41, 5.74) is 5.39. The maximum atomic E-state index is 8.74. The van der Waals surface area contributed by atoms with Gasteiger partial charge in [0.15, 0.2) is 0 Å². The summed E-state index contributed by atoms with van der Waals surface area (Å²) < 4.78 is 68.4. The number of ether oxygens (including phenoxy) is 1. The van der Waals surface area contributed by atoms with Crippen molar-refractivity contribution in [2.45, 2.75) is 6.42 Å². The Kier molecular flexibility index (Phi) is 12.4. The standard InChI is InChI=1S/C7H16N2O.2H2O4S/c8-2-1-3-9-4-6-10-7-5-9;2*1-5(2,3)4/h1-8H2;2*(H2,1,2,3,4). The smallest absolute Gasteiger partial charge is 0.379 e. The highest BCUT2D eigenvalue weighted by atomic mass is 32.3. The van der Waals surface area contributed by atoms with Gasteiger partial charge in [0.25, 0.3) is 0 Å². The van der Waals surface area contributed by atoms with Gasteiger partial charge in [0.05, 0.1) is 13.2 Å². The zero-order valence-electron chi connectivity index (χ0n) is 10.6. The molecule has 0 spiro atoms. The van der Waals surface area contributed by atoms with E-state index in [1.165, 1.54) is 0 Å². The van der Waals surface area contributed by atoms with Crippen molar-refractivity contribution in [3.05, 3.63) is 0 Å². The molecule has 1 aliphatic heterocycles. The van der Waals surface area contributed by atoms with Crippen molar-refractivity contribution in [2.75, 3.05) is 39.4 Å². The quantitative estimate of drug-likeness (QED) is 0.371. The van der Waals surface area contributed by atoms with E-state index < -0.39 is 20.8 Å². The van der Waals surface area contributed by atoms with E-state index in [2.05, 4.69) is 4.90 Å². The summed E-state index contributed by atoms with van der Waals surface area (Å²) in [6.45, 7) is 5.90. The zero-order chi connectivity index (χ0) is 16.2. The minimum absolute atomic E-state index is 0.803. The summed E-state index contributed by atoms with van der Waals surface area (Å²) in [6, 6.07) is 0. The van der Waals surface area contributed by atoms with Crippen LogP contribution in [0.15, 0.2) is 0 Å². The highest BCUT2D eigenvalue weighted by Crippen LogP contribution is 1.96. The summed E-state index contributed by atoms with van der Waals surface area (Å²) in [5.74, 6) is 0. The van der Waals surface area contributed by atoms with Gasteiger partial charge in [0, 0.05) is 13.1 Å². The number of nitrogens with zero attached hydrogens (tertiary/aromatic N) is 1. The summed E-state index contributed by atoms with van der Waals surface area (Å²) in [4.78, 5) is 2.40. The molecule has 0 atom stereocenters. The van der Waals surface area contributed by atoms with Gasteiger partial charge in [-0.3, -0.25) is 23.1 Å². The second-order valence-electron chi connectivity index (χ2n) is 3.49. The van der Waals surface area contributed by atoms with Crippen LogP contribution in [-0.4, -0.2) is 79.3 Å². The lowest BCUT2D eigenvalue weighted by Crippen LogP contribution is -2.37. The molecule has 0 unspecified atom stereocenters. The largest absolute Gasteiger partial charge is 0.394 e. The molecule has 11 nitrogen and oxygen atoms in total. The van der Waals surface area contributed by atoms with Gasteiger partial charge in [0.1, 0.15) is 0 Å². The molecule has 0 aromatic carbocycles. The number of rotatable bonds is 3. The van der Waals surface area contributed by atoms with E-state index in [1.54, 1.807) is 0 Å². The van der Waals surface area contributed by atoms with Crippen LogP contribution in [0.25, 0.3) is 0 Å². The third-order valence-electron chi connectivity index (χ3n) is 1.78. The van der Waals surface area contributed by atoms with E-state index >= 15 is 0 Å². The predicted molar refractivity (Wildman–Crippen MR) is 69.3 cm³/mol. The van der Waals surface area contributed by atoms with E-state index in [4.69, 9.17) is 45.5 Å². The van der Waals surface area contributed by atoms with Crippen molar-refractivity contribution in [3.63, 3.8) is 0 Å². The normalized spacial score (nSPS) is 16.4. The SMILES string of the molecule is NCCCN1CCOCC1.O=S(=O)(O)O.O=S(=O)(O)O. The first-order chi connectivity index (χ1) is 8.93. The second kappa shape index (κ2) is 11.3. The number of morpholine rings is 1. The average molecular weight is 340 g/mol. The molecule has 0 radical (unpaired) electrons. The molecule has 1 fully saturated rings. The Balaban J connectivity index is 0. The monoisotopic (exact) mass is 340 g/mol. The Labute approximate surface area is 117 Å². The Morgan fingerprint density at radius 1 is 0.950 bits per heavy atom. The molecule has 0 saturated carbocycles. The van der Waals surface area contributed by atoms with Crippen molar-refractivity contribution in [3.8, 4) is 0 Å². The fourth-order valence-corrected chi connectivity index (χ4v) is 1.14. The molecule has 124 valence electrons. The van der Waals surface area contributed by atoms with Gasteiger partial charge >= 0.3 is 20.8 Å². The first-order valence-corrected chi connectivity index (χ1v) is 8.13. The van der Waals surface area contributed by atoms with E-state index in [0.29, 0.717) is 0 Å². The van der Waals surface area contributed by atoms with Gasteiger partial charge in [-0.05, 0) is 19.5 Å². The van der Waals surface area contributed by atoms with Crippen LogP contribution in [0.3, 0.4) is 0 Å². The maximum Gasteiger partial charge on any atom is 0.394 e. The Hall–Kier alpha value is -0.380. The van der Waals surface area contributed by atoms with E-state index in [1.807, 2.05) is 0 Å². The van der Waals surface area contributed by atoms with Crippen LogP contribution in [0.1, 0.15) is 6.42 Å². The second-order valence-corrected chi connectivity index (χ2v) is 5.28. The molecule has 1 heterocycles. The molecule has 13 heteroatoms. The molecule has 0 aliphatic carbocycles. The lowest BCUT2D eigenvalue weighted by molar-refractivity contribution is 0.0377. The van der Waals surface area contributed by atoms with Crippen LogP contribution in [0.2, 0.25) is 0 Å². The highest BCUT2D eigenvalue weighted by Gasteiger charge is 2.08. The van der Waals surface area contributed by atoms with Crippen LogP contribution in [-0.2, 0) is 25.5 Å². The molecule has 0 bridgehead atoms. The number of hydrogen-bond donors (Lipinski definition) is 5. The molecule has 1 saturated heterocycles. The van der Waals surface area contributed by atoms with Gasteiger partial charge in [-0.25, -0.2) is 0 Å². The summed E-state index contributed by atoms with van der Waals surface area (Å²) in [5, 5.41) is 0. The molecule has 20 heavy (non-hydrogen) atoms. The van der Waals surface area contributed by atoms with Gasteiger partial charge in [-0.15, -0.1) is 0 Å². The molecular weight excluding hydrogens is 320 g/mol. The molecule has 1 aliphatic rings. The lowest BCUT2D eigenvalue weighted by Gasteiger charge is -2.26. The van der Waals surface area contributed by atoms with Crippen LogP contribution >= 0.6 is 0 Å². The van der Waals surface area contributed by atoms with E-state index in [9.17, 15) is 0 Å². The maximum absolute atomic E-state index is 8.74. The van der Waals surface area contributed by atoms with Crippen molar-refractivity contribution in [1.82, 2.24) is 4.90 Å². The Morgan fingerprint density at radius 2 is 1.30 bits per heavy atom. The Morgan fingerprint density at radius 3 is 1.60 bits per heavy atom. The van der Waals surface area contributed by atoms with E-state index in [-0.39, 0.29) is 0 Å². The van der Waals surface area contributed by atoms with Gasteiger partial charge in [-0.1, -0.05) is 0 Å². The summed E-state index contributed by atoms with van der Waals surface area (Å²) in [6.07, 6.45) is 1.11. The third kappa shape index (κ3) is 36.0. The fraction of sp³-hybridized carbons (Fsp3) is 1.00. The van der Waals surface area contributed by atoms with Crippen molar-refractivity contribution < 1.29 is 39.8 Å². The van der Waals surface area contributed by atoms with Crippen molar-refractivity contribution in [2.24, 2.45) is 5.73 Å². The van der Waals surface area contributed by atoms with Crippen LogP contribution in [0, 0.1) is 0 Å². The van der Waals surface area contributed by atoms with Crippen LogP contribution < -0.4 is 5.73 Å². The Bertz CT molecular complexity index is 370. The first kappa shape index (κ1) is 21.9. The van der Waals surface area contributed by atoms with E-state index in [0.717, 1.165) is 45.8 Å². The summed E-state index contributed by atoms with van der Waals surface area (Å²) in [7, 11) is -9.33. The zero-order valence-corrected chi connectivity index (χ0v) is 12.3.